The van der Waals surface area contributed by atoms with Crippen molar-refractivity contribution in [2.45, 2.75) is 32.9 Å². The molecule has 0 fully saturated rings. The summed E-state index contributed by atoms with van der Waals surface area (Å²) in [4.78, 5) is 0. The number of hydrogen-bond donors (Lipinski definition) is 1. The fourth-order valence-electron chi connectivity index (χ4n) is 2.09. The van der Waals surface area contributed by atoms with Crippen molar-refractivity contribution >= 4 is 15.9 Å². The lowest BCUT2D eigenvalue weighted by Crippen LogP contribution is -2.37. The molecule has 1 aromatic heterocycles. The number of nitrogens with zero attached hydrogens (tertiary/aromatic N) is 2. The number of nitrogens with one attached hydrogen (secondary N) is 1. The molecular formula is C12H22BrN3O. The van der Waals surface area contributed by atoms with Crippen LogP contribution in [0.4, 0.5) is 0 Å². The molecule has 1 rings (SSSR count). The molecule has 0 saturated carbocycles. The minimum absolute atomic E-state index is 0.136. The summed E-state index contributed by atoms with van der Waals surface area (Å²) in [5.41, 5.74) is 1.12. The lowest BCUT2D eigenvalue weighted by atomic mass is 9.97. The topological polar surface area (TPSA) is 39.1 Å². The molecule has 17 heavy (non-hydrogen) atoms. The number of aryl methyl sites for hydroxylation is 1. The van der Waals surface area contributed by atoms with E-state index in [1.807, 2.05) is 31.9 Å². The molecule has 4 nitrogen and oxygen atoms in total. The molecular weight excluding hydrogens is 282 g/mol. The Balaban J connectivity index is 3.04. The average molecular weight is 304 g/mol. The number of rotatable bonds is 6. The van der Waals surface area contributed by atoms with E-state index in [2.05, 4.69) is 40.2 Å². The first kappa shape index (κ1) is 14.7. The second kappa shape index (κ2) is 6.52. The van der Waals surface area contributed by atoms with Crippen LogP contribution in [0.1, 0.15) is 32.5 Å². The Hall–Kier alpha value is -0.390. The van der Waals surface area contributed by atoms with Gasteiger partial charge in [-0.15, -0.1) is 0 Å². The van der Waals surface area contributed by atoms with Crippen LogP contribution in [-0.2, 0) is 11.8 Å². The smallest absolute Gasteiger partial charge is 0.0807 e. The molecule has 0 amide bonds. The van der Waals surface area contributed by atoms with E-state index in [0.717, 1.165) is 16.8 Å². The van der Waals surface area contributed by atoms with Crippen LogP contribution < -0.4 is 5.32 Å². The third kappa shape index (κ3) is 3.30. The van der Waals surface area contributed by atoms with Crippen molar-refractivity contribution < 1.29 is 4.74 Å². The van der Waals surface area contributed by atoms with Crippen LogP contribution in [0.2, 0.25) is 0 Å². The van der Waals surface area contributed by atoms with Crippen LogP contribution in [-0.4, -0.2) is 29.5 Å². The maximum absolute atomic E-state index is 5.87. The zero-order valence-electron chi connectivity index (χ0n) is 11.2. The Labute approximate surface area is 112 Å². The minimum Gasteiger partial charge on any atom is -0.376 e. The van der Waals surface area contributed by atoms with Gasteiger partial charge in [-0.1, -0.05) is 13.8 Å². The zero-order chi connectivity index (χ0) is 13.0. The van der Waals surface area contributed by atoms with Gasteiger partial charge in [-0.3, -0.25) is 4.68 Å². The third-order valence-electron chi connectivity index (χ3n) is 2.89. The van der Waals surface area contributed by atoms with Crippen molar-refractivity contribution in [3.05, 3.63) is 16.4 Å². The van der Waals surface area contributed by atoms with Gasteiger partial charge in [-0.05, 0) is 35.8 Å². The van der Waals surface area contributed by atoms with Gasteiger partial charge in [0.15, 0.2) is 0 Å². The van der Waals surface area contributed by atoms with Crippen molar-refractivity contribution in [2.75, 3.05) is 13.7 Å². The molecule has 0 spiro atoms. The molecule has 1 N–H and O–H groups in total. The Kier molecular flexibility index (Phi) is 5.62. The molecule has 0 saturated heterocycles. The molecule has 0 aliphatic heterocycles. The second-order valence-electron chi connectivity index (χ2n) is 4.43. The van der Waals surface area contributed by atoms with Crippen LogP contribution in [0.25, 0.3) is 0 Å². The first-order chi connectivity index (χ1) is 8.02. The fraction of sp³-hybridized carbons (Fsp3) is 0.750. The monoisotopic (exact) mass is 303 g/mol. The molecule has 0 aliphatic rings. The summed E-state index contributed by atoms with van der Waals surface area (Å²) >= 11 is 3.55. The normalized spacial score (nSPS) is 15.2. The molecule has 1 aromatic rings. The van der Waals surface area contributed by atoms with E-state index in [-0.39, 0.29) is 12.1 Å². The minimum atomic E-state index is 0.136. The lowest BCUT2D eigenvalue weighted by molar-refractivity contribution is 0.00260. The third-order valence-corrected chi connectivity index (χ3v) is 3.50. The van der Waals surface area contributed by atoms with E-state index in [1.54, 1.807) is 0 Å². The van der Waals surface area contributed by atoms with Crippen LogP contribution in [0.3, 0.4) is 0 Å². The fourth-order valence-corrected chi connectivity index (χ4v) is 2.69. The number of hydrogen-bond acceptors (Lipinski definition) is 3. The predicted octanol–water partition coefficient (Wildman–Crippen LogP) is 2.50. The second-order valence-corrected chi connectivity index (χ2v) is 5.29. The first-order valence-corrected chi connectivity index (χ1v) is 6.78. The molecule has 2 unspecified atom stereocenters. The highest BCUT2D eigenvalue weighted by Gasteiger charge is 2.29. The van der Waals surface area contributed by atoms with Crippen molar-refractivity contribution in [3.8, 4) is 0 Å². The van der Waals surface area contributed by atoms with Gasteiger partial charge in [-0.25, -0.2) is 0 Å². The summed E-state index contributed by atoms with van der Waals surface area (Å²) in [7, 11) is 3.91. The van der Waals surface area contributed by atoms with Crippen LogP contribution in [0, 0.1) is 5.92 Å². The van der Waals surface area contributed by atoms with E-state index < -0.39 is 0 Å². The molecule has 0 radical (unpaired) electrons. The quantitative estimate of drug-likeness (QED) is 0.877. The zero-order valence-corrected chi connectivity index (χ0v) is 12.8. The Bertz CT molecular complexity index is 332. The van der Waals surface area contributed by atoms with Crippen molar-refractivity contribution in [3.63, 3.8) is 0 Å². The average Bonchev–Trinajstić information content (AvgIpc) is 2.60. The van der Waals surface area contributed by atoms with Gasteiger partial charge < -0.3 is 10.1 Å². The van der Waals surface area contributed by atoms with Crippen molar-refractivity contribution in [1.29, 1.82) is 0 Å². The summed E-state index contributed by atoms with van der Waals surface area (Å²) in [6, 6.07) is 0.136. The molecule has 1 heterocycles. The van der Waals surface area contributed by atoms with Crippen LogP contribution >= 0.6 is 15.9 Å². The SMILES string of the molecule is CCOC(C(C)C)C(NC)c1c(Br)cnn1C. The summed E-state index contributed by atoms with van der Waals surface area (Å²) in [6.45, 7) is 7.10. The number of ether oxygens (including phenoxy) is 1. The standard InChI is InChI=1S/C12H22BrN3O/c1-6-17-12(8(2)3)10(14-4)11-9(13)7-15-16(11)5/h7-8,10,12,14H,6H2,1-5H3. The van der Waals surface area contributed by atoms with Gasteiger partial charge in [0.25, 0.3) is 0 Å². The molecule has 0 bridgehead atoms. The van der Waals surface area contributed by atoms with Crippen LogP contribution in [0.15, 0.2) is 10.7 Å². The van der Waals surface area contributed by atoms with Gasteiger partial charge >= 0.3 is 0 Å². The predicted molar refractivity (Wildman–Crippen MR) is 73.0 cm³/mol. The summed E-state index contributed by atoms with van der Waals surface area (Å²) in [5.74, 6) is 0.439. The van der Waals surface area contributed by atoms with Gasteiger partial charge in [0.2, 0.25) is 0 Å². The van der Waals surface area contributed by atoms with E-state index in [0.29, 0.717) is 5.92 Å². The van der Waals surface area contributed by atoms with E-state index in [4.69, 9.17) is 4.74 Å². The lowest BCUT2D eigenvalue weighted by Gasteiger charge is -2.30. The molecule has 0 aromatic carbocycles. The Morgan fingerprint density at radius 1 is 1.53 bits per heavy atom. The first-order valence-electron chi connectivity index (χ1n) is 5.99. The highest BCUT2D eigenvalue weighted by molar-refractivity contribution is 9.10. The number of aromatic nitrogens is 2. The van der Waals surface area contributed by atoms with E-state index >= 15 is 0 Å². The van der Waals surface area contributed by atoms with Crippen LogP contribution in [0.5, 0.6) is 0 Å². The summed E-state index contributed by atoms with van der Waals surface area (Å²) < 4.78 is 8.77. The van der Waals surface area contributed by atoms with Gasteiger partial charge in [-0.2, -0.15) is 5.10 Å². The van der Waals surface area contributed by atoms with E-state index in [9.17, 15) is 0 Å². The number of halogens is 1. The largest absolute Gasteiger partial charge is 0.376 e. The van der Waals surface area contributed by atoms with Gasteiger partial charge in [0.1, 0.15) is 0 Å². The van der Waals surface area contributed by atoms with E-state index in [1.165, 1.54) is 0 Å². The Morgan fingerprint density at radius 2 is 2.18 bits per heavy atom. The maximum atomic E-state index is 5.87. The molecule has 2 atom stereocenters. The van der Waals surface area contributed by atoms with Gasteiger partial charge in [0.05, 0.1) is 28.5 Å². The van der Waals surface area contributed by atoms with Crippen molar-refractivity contribution in [1.82, 2.24) is 15.1 Å². The highest BCUT2D eigenvalue weighted by atomic mass is 79.9. The maximum Gasteiger partial charge on any atom is 0.0807 e. The summed E-state index contributed by atoms with van der Waals surface area (Å²) in [6.07, 6.45) is 1.96. The number of likely N-dealkylation sites (N-methyl/N-ethyl adjacent to an activating group) is 1. The molecule has 98 valence electrons. The van der Waals surface area contributed by atoms with Crippen molar-refractivity contribution in [2.24, 2.45) is 13.0 Å². The molecule has 5 heteroatoms. The summed E-state index contributed by atoms with van der Waals surface area (Å²) in [5, 5.41) is 7.60. The highest BCUT2D eigenvalue weighted by Crippen LogP contribution is 2.29. The van der Waals surface area contributed by atoms with Gasteiger partial charge in [0, 0.05) is 13.7 Å². The Morgan fingerprint density at radius 3 is 2.53 bits per heavy atom. The molecule has 0 aliphatic carbocycles.